The molecule has 1 heterocycles. The second-order valence-corrected chi connectivity index (χ2v) is 5.35. The first-order valence-corrected chi connectivity index (χ1v) is 7.08. The van der Waals surface area contributed by atoms with Crippen LogP contribution in [-0.4, -0.2) is 15.1 Å². The Kier molecular flexibility index (Phi) is 4.70. The van der Waals surface area contributed by atoms with Gasteiger partial charge < -0.3 is 5.32 Å². The Labute approximate surface area is 130 Å². The minimum Gasteiger partial charge on any atom is -0.331 e. The molecule has 1 aromatic heterocycles. The summed E-state index contributed by atoms with van der Waals surface area (Å²) >= 11 is 5.28. The van der Waals surface area contributed by atoms with Crippen LogP contribution in [0.25, 0.3) is 0 Å². The van der Waals surface area contributed by atoms with Gasteiger partial charge in [-0.1, -0.05) is 18.2 Å². The van der Waals surface area contributed by atoms with E-state index in [4.69, 9.17) is 12.2 Å². The van der Waals surface area contributed by atoms with Gasteiger partial charge in [-0.05, 0) is 57.1 Å². The first kappa shape index (κ1) is 15.2. The average molecular weight is 301 g/mol. The van der Waals surface area contributed by atoms with Gasteiger partial charge in [0.25, 0.3) is 0 Å². The van der Waals surface area contributed by atoms with Gasteiger partial charge in [-0.25, -0.2) is 9.97 Å². The summed E-state index contributed by atoms with van der Waals surface area (Å²) in [7, 11) is 0. The zero-order valence-corrected chi connectivity index (χ0v) is 13.4. The maximum absolute atomic E-state index is 5.28. The Morgan fingerprint density at radius 1 is 1.00 bits per heavy atom. The van der Waals surface area contributed by atoms with Gasteiger partial charge in [0, 0.05) is 17.1 Å². The summed E-state index contributed by atoms with van der Waals surface area (Å²) in [6.45, 7) is 7.93. The average Bonchev–Trinajstić information content (AvgIpc) is 2.40. The van der Waals surface area contributed by atoms with E-state index in [1.807, 2.05) is 52.0 Å². The molecular weight excluding hydrogens is 282 g/mol. The van der Waals surface area contributed by atoms with Crippen molar-refractivity contribution in [2.75, 3.05) is 10.7 Å². The number of aromatic nitrogens is 2. The number of nitrogens with zero attached hydrogens (tertiary/aromatic N) is 2. The quantitative estimate of drug-likeness (QED) is 0.598. The molecule has 2 aromatic rings. The molecule has 2 rings (SSSR count). The van der Waals surface area contributed by atoms with E-state index in [0.717, 1.165) is 28.2 Å². The summed E-state index contributed by atoms with van der Waals surface area (Å²) in [5.41, 5.74) is 10.9. The highest BCUT2D eigenvalue weighted by Gasteiger charge is 2.05. The summed E-state index contributed by atoms with van der Waals surface area (Å²) < 4.78 is 0. The highest BCUT2D eigenvalue weighted by molar-refractivity contribution is 7.80. The molecule has 0 saturated heterocycles. The molecule has 0 unspecified atom stereocenters. The fourth-order valence-corrected chi connectivity index (χ4v) is 2.20. The van der Waals surface area contributed by atoms with Gasteiger partial charge in [-0.15, -0.1) is 0 Å². The topological polar surface area (TPSA) is 61.9 Å². The summed E-state index contributed by atoms with van der Waals surface area (Å²) in [6.07, 6.45) is 0. The second kappa shape index (κ2) is 6.49. The van der Waals surface area contributed by atoms with Gasteiger partial charge in [0.1, 0.15) is 0 Å². The molecule has 6 heteroatoms. The molecule has 110 valence electrons. The summed E-state index contributed by atoms with van der Waals surface area (Å²) in [4.78, 5) is 8.55. The third-order valence-corrected chi connectivity index (χ3v) is 3.19. The van der Waals surface area contributed by atoms with Crippen molar-refractivity contribution in [1.82, 2.24) is 15.4 Å². The molecule has 0 aliphatic carbocycles. The minimum atomic E-state index is 0.468. The van der Waals surface area contributed by atoms with E-state index in [0.29, 0.717) is 11.1 Å². The predicted octanol–water partition coefficient (Wildman–Crippen LogP) is 3.02. The van der Waals surface area contributed by atoms with Crippen LogP contribution < -0.4 is 16.2 Å². The third kappa shape index (κ3) is 4.13. The molecule has 5 nitrogen and oxygen atoms in total. The molecule has 0 radical (unpaired) electrons. The normalized spacial score (nSPS) is 10.1. The lowest BCUT2D eigenvalue weighted by Crippen LogP contribution is -2.34. The van der Waals surface area contributed by atoms with E-state index in [2.05, 4.69) is 26.1 Å². The molecule has 0 amide bonds. The lowest BCUT2D eigenvalue weighted by Gasteiger charge is -2.15. The van der Waals surface area contributed by atoms with Crippen LogP contribution in [0.2, 0.25) is 0 Å². The van der Waals surface area contributed by atoms with E-state index in [1.165, 1.54) is 0 Å². The number of hydrogen-bond donors (Lipinski definition) is 3. The molecule has 3 N–H and O–H groups in total. The Bertz CT molecular complexity index is 629. The molecule has 0 atom stereocenters. The van der Waals surface area contributed by atoms with Gasteiger partial charge in [0.15, 0.2) is 5.11 Å². The van der Waals surface area contributed by atoms with Crippen LogP contribution >= 0.6 is 12.2 Å². The largest absolute Gasteiger partial charge is 0.331 e. The molecule has 0 fully saturated rings. The van der Waals surface area contributed by atoms with Crippen LogP contribution in [0.15, 0.2) is 24.3 Å². The molecule has 1 aromatic carbocycles. The highest BCUT2D eigenvalue weighted by atomic mass is 32.1. The smallest absolute Gasteiger partial charge is 0.242 e. The molecule has 0 aliphatic heterocycles. The highest BCUT2D eigenvalue weighted by Crippen LogP contribution is 2.19. The van der Waals surface area contributed by atoms with Crippen molar-refractivity contribution in [2.24, 2.45) is 0 Å². The van der Waals surface area contributed by atoms with Crippen LogP contribution in [0.5, 0.6) is 0 Å². The Balaban J connectivity index is 1.99. The third-order valence-electron chi connectivity index (χ3n) is 2.99. The standard InChI is InChI=1S/C15H19N5S/c1-9-6-5-7-10(2)13(9)18-15(21)20-19-14-16-11(3)8-12(4)17-14/h5-8H,1-4H3,(H,16,17,19)(H2,18,20,21). The van der Waals surface area contributed by atoms with Gasteiger partial charge in [0.2, 0.25) is 5.95 Å². The molecule has 0 spiro atoms. The van der Waals surface area contributed by atoms with Crippen molar-refractivity contribution in [3.63, 3.8) is 0 Å². The lowest BCUT2D eigenvalue weighted by molar-refractivity contribution is 0.991. The lowest BCUT2D eigenvalue weighted by atomic mass is 10.1. The Hall–Kier alpha value is -2.21. The van der Waals surface area contributed by atoms with E-state index in [-0.39, 0.29) is 0 Å². The maximum atomic E-state index is 5.28. The number of para-hydroxylation sites is 1. The molecule has 0 saturated carbocycles. The minimum absolute atomic E-state index is 0.468. The first-order valence-electron chi connectivity index (χ1n) is 6.67. The van der Waals surface area contributed by atoms with Crippen molar-refractivity contribution < 1.29 is 0 Å². The Morgan fingerprint density at radius 2 is 1.57 bits per heavy atom. The van der Waals surface area contributed by atoms with Crippen LogP contribution in [0, 0.1) is 27.7 Å². The number of anilines is 2. The van der Waals surface area contributed by atoms with Crippen LogP contribution in [-0.2, 0) is 0 Å². The fraction of sp³-hybridized carbons (Fsp3) is 0.267. The van der Waals surface area contributed by atoms with Gasteiger partial charge >= 0.3 is 0 Å². The van der Waals surface area contributed by atoms with Crippen molar-refractivity contribution >= 4 is 29.0 Å². The van der Waals surface area contributed by atoms with Crippen molar-refractivity contribution in [1.29, 1.82) is 0 Å². The molecule has 0 bridgehead atoms. The van der Waals surface area contributed by atoms with Gasteiger partial charge in [-0.2, -0.15) is 0 Å². The van der Waals surface area contributed by atoms with Crippen molar-refractivity contribution in [3.05, 3.63) is 46.8 Å². The zero-order valence-electron chi connectivity index (χ0n) is 12.6. The number of nitrogens with one attached hydrogen (secondary N) is 3. The predicted molar refractivity (Wildman–Crippen MR) is 90.4 cm³/mol. The molecule has 21 heavy (non-hydrogen) atoms. The molecular formula is C15H19N5S. The Morgan fingerprint density at radius 3 is 2.14 bits per heavy atom. The summed E-state index contributed by atoms with van der Waals surface area (Å²) in [6, 6.07) is 8.02. The van der Waals surface area contributed by atoms with E-state index in [1.54, 1.807) is 0 Å². The van der Waals surface area contributed by atoms with E-state index < -0.39 is 0 Å². The number of benzene rings is 1. The van der Waals surface area contributed by atoms with E-state index >= 15 is 0 Å². The number of hydrogen-bond acceptors (Lipinski definition) is 4. The summed E-state index contributed by atoms with van der Waals surface area (Å²) in [5.74, 6) is 0.498. The maximum Gasteiger partial charge on any atom is 0.242 e. The zero-order chi connectivity index (χ0) is 15.4. The first-order chi connectivity index (χ1) is 9.95. The van der Waals surface area contributed by atoms with Crippen LogP contribution in [0.4, 0.5) is 11.6 Å². The van der Waals surface area contributed by atoms with Gasteiger partial charge in [0.05, 0.1) is 0 Å². The molecule has 0 aliphatic rings. The monoisotopic (exact) mass is 301 g/mol. The van der Waals surface area contributed by atoms with Crippen LogP contribution in [0.3, 0.4) is 0 Å². The van der Waals surface area contributed by atoms with E-state index in [9.17, 15) is 0 Å². The number of hydrazine groups is 1. The SMILES string of the molecule is Cc1cc(C)nc(NNC(=S)Nc2c(C)cccc2C)n1. The van der Waals surface area contributed by atoms with Crippen molar-refractivity contribution in [2.45, 2.75) is 27.7 Å². The number of rotatable bonds is 3. The van der Waals surface area contributed by atoms with Crippen LogP contribution in [0.1, 0.15) is 22.5 Å². The summed E-state index contributed by atoms with van der Waals surface area (Å²) in [5, 5.41) is 3.65. The second-order valence-electron chi connectivity index (χ2n) is 4.95. The number of thiocarbonyl (C=S) groups is 1. The fourth-order valence-electron chi connectivity index (χ4n) is 2.05. The number of aryl methyl sites for hydroxylation is 4. The van der Waals surface area contributed by atoms with Gasteiger partial charge in [-0.3, -0.25) is 10.9 Å². The van der Waals surface area contributed by atoms with Crippen molar-refractivity contribution in [3.8, 4) is 0 Å².